The first-order valence-corrected chi connectivity index (χ1v) is 5.13. The number of nitrogens with one attached hydrogen (secondary N) is 1. The van der Waals surface area contributed by atoms with Gasteiger partial charge in [-0.3, -0.25) is 4.79 Å². The minimum absolute atomic E-state index is 0.196. The van der Waals surface area contributed by atoms with Crippen molar-refractivity contribution in [3.05, 3.63) is 0 Å². The van der Waals surface area contributed by atoms with Gasteiger partial charge in [-0.05, 0) is 25.2 Å². The van der Waals surface area contributed by atoms with Crippen LogP contribution in [0.5, 0.6) is 0 Å². The zero-order chi connectivity index (χ0) is 9.84. The van der Waals surface area contributed by atoms with Crippen molar-refractivity contribution in [1.29, 1.82) is 0 Å². The third-order valence-electron chi connectivity index (χ3n) is 2.57. The van der Waals surface area contributed by atoms with Crippen LogP contribution in [0.15, 0.2) is 0 Å². The van der Waals surface area contributed by atoms with Crippen LogP contribution in [0.25, 0.3) is 0 Å². The molecule has 0 bridgehead atoms. The molecule has 13 heavy (non-hydrogen) atoms. The maximum absolute atomic E-state index is 11.4. The van der Waals surface area contributed by atoms with Gasteiger partial charge in [0.1, 0.15) is 0 Å². The van der Waals surface area contributed by atoms with Gasteiger partial charge in [-0.2, -0.15) is 0 Å². The monoisotopic (exact) mass is 184 g/mol. The second-order valence-corrected chi connectivity index (χ2v) is 4.40. The molecule has 0 atom stereocenters. The molecule has 1 amide bonds. The maximum Gasteiger partial charge on any atom is 0.223 e. The largest absolute Gasteiger partial charge is 0.356 e. The zero-order valence-corrected chi connectivity index (χ0v) is 8.55. The Labute approximate surface area is 80.1 Å². The van der Waals surface area contributed by atoms with Crippen molar-refractivity contribution in [2.75, 3.05) is 6.54 Å². The number of nitrogens with two attached hydrogens (primary N) is 1. The molecule has 0 radical (unpaired) electrons. The summed E-state index contributed by atoms with van der Waals surface area (Å²) >= 11 is 0. The fraction of sp³-hybridized carbons (Fsp3) is 0.900. The van der Waals surface area contributed by atoms with Gasteiger partial charge < -0.3 is 11.1 Å². The standard InChI is InChI=1S/C10H20N2O/c1-7(2)3-4-12-10(13)8-5-9(11)6-8/h7-9H,3-6,11H2,1-2H3,(H,12,13). The Bertz CT molecular complexity index is 174. The van der Waals surface area contributed by atoms with Crippen molar-refractivity contribution in [2.24, 2.45) is 17.6 Å². The van der Waals surface area contributed by atoms with E-state index in [1.54, 1.807) is 0 Å². The lowest BCUT2D eigenvalue weighted by atomic mass is 9.80. The number of carbonyl (C=O) groups is 1. The van der Waals surface area contributed by atoms with E-state index < -0.39 is 0 Å². The van der Waals surface area contributed by atoms with Crippen LogP contribution in [0.3, 0.4) is 0 Å². The second kappa shape index (κ2) is 4.61. The molecule has 3 nitrogen and oxygen atoms in total. The van der Waals surface area contributed by atoms with Crippen LogP contribution in [0.2, 0.25) is 0 Å². The van der Waals surface area contributed by atoms with Gasteiger partial charge in [0.05, 0.1) is 0 Å². The summed E-state index contributed by atoms with van der Waals surface area (Å²) in [5.41, 5.74) is 5.60. The molecule has 3 N–H and O–H groups in total. The average Bonchev–Trinajstić information content (AvgIpc) is 1.97. The Kier molecular flexibility index (Phi) is 3.72. The first-order chi connectivity index (χ1) is 6.09. The van der Waals surface area contributed by atoms with Crippen LogP contribution >= 0.6 is 0 Å². The molecule has 0 spiro atoms. The second-order valence-electron chi connectivity index (χ2n) is 4.40. The molecule has 76 valence electrons. The molecule has 0 aliphatic heterocycles. The number of hydrogen-bond donors (Lipinski definition) is 2. The predicted octanol–water partition coefficient (Wildman–Crippen LogP) is 0.886. The molecule has 0 saturated heterocycles. The topological polar surface area (TPSA) is 55.1 Å². The van der Waals surface area contributed by atoms with Gasteiger partial charge >= 0.3 is 0 Å². The summed E-state index contributed by atoms with van der Waals surface area (Å²) in [5.74, 6) is 1.05. The number of hydrogen-bond acceptors (Lipinski definition) is 2. The molecule has 0 aromatic heterocycles. The molecular weight excluding hydrogens is 164 g/mol. The Morgan fingerprint density at radius 3 is 2.62 bits per heavy atom. The SMILES string of the molecule is CC(C)CCNC(=O)C1CC(N)C1. The molecule has 1 fully saturated rings. The van der Waals surface area contributed by atoms with Gasteiger partial charge in [0.2, 0.25) is 5.91 Å². The average molecular weight is 184 g/mol. The van der Waals surface area contributed by atoms with Crippen molar-refractivity contribution < 1.29 is 4.79 Å². The van der Waals surface area contributed by atoms with Crippen molar-refractivity contribution in [3.63, 3.8) is 0 Å². The highest BCUT2D eigenvalue weighted by Crippen LogP contribution is 2.25. The molecule has 1 saturated carbocycles. The van der Waals surface area contributed by atoms with Crippen molar-refractivity contribution >= 4 is 5.91 Å². The van der Waals surface area contributed by atoms with Crippen LogP contribution in [0, 0.1) is 11.8 Å². The van der Waals surface area contributed by atoms with E-state index in [0.29, 0.717) is 5.92 Å². The molecular formula is C10H20N2O. The lowest BCUT2D eigenvalue weighted by molar-refractivity contribution is -0.127. The molecule has 0 aromatic rings. The van der Waals surface area contributed by atoms with Crippen LogP contribution in [0.1, 0.15) is 33.1 Å². The number of carbonyl (C=O) groups excluding carboxylic acids is 1. The summed E-state index contributed by atoms with van der Waals surface area (Å²) in [6.45, 7) is 5.12. The Morgan fingerprint density at radius 1 is 1.54 bits per heavy atom. The molecule has 1 aliphatic rings. The smallest absolute Gasteiger partial charge is 0.223 e. The minimum Gasteiger partial charge on any atom is -0.356 e. The quantitative estimate of drug-likeness (QED) is 0.681. The third kappa shape index (κ3) is 3.35. The molecule has 1 aliphatic carbocycles. The number of rotatable bonds is 4. The first-order valence-electron chi connectivity index (χ1n) is 5.13. The van der Waals surface area contributed by atoms with Crippen molar-refractivity contribution in [1.82, 2.24) is 5.32 Å². The molecule has 1 rings (SSSR count). The van der Waals surface area contributed by atoms with E-state index in [4.69, 9.17) is 5.73 Å². The summed E-state index contributed by atoms with van der Waals surface area (Å²) in [4.78, 5) is 11.4. The van der Waals surface area contributed by atoms with Crippen molar-refractivity contribution in [2.45, 2.75) is 39.2 Å². The number of amides is 1. The highest BCUT2D eigenvalue weighted by atomic mass is 16.1. The summed E-state index contributed by atoms with van der Waals surface area (Å²) in [7, 11) is 0. The van der Waals surface area contributed by atoms with E-state index in [-0.39, 0.29) is 17.9 Å². The van der Waals surface area contributed by atoms with E-state index >= 15 is 0 Å². The van der Waals surface area contributed by atoms with Crippen LogP contribution in [-0.4, -0.2) is 18.5 Å². The van der Waals surface area contributed by atoms with Gasteiger partial charge in [-0.15, -0.1) is 0 Å². The van der Waals surface area contributed by atoms with Crippen LogP contribution in [-0.2, 0) is 4.79 Å². The lowest BCUT2D eigenvalue weighted by Crippen LogP contribution is -2.45. The third-order valence-corrected chi connectivity index (χ3v) is 2.57. The van der Waals surface area contributed by atoms with Crippen molar-refractivity contribution in [3.8, 4) is 0 Å². The van der Waals surface area contributed by atoms with Gasteiger partial charge in [0.15, 0.2) is 0 Å². The Hall–Kier alpha value is -0.570. The molecule has 0 heterocycles. The summed E-state index contributed by atoms with van der Waals surface area (Å²) in [6, 6.07) is 0.265. The van der Waals surface area contributed by atoms with Gasteiger partial charge in [0.25, 0.3) is 0 Å². The fourth-order valence-corrected chi connectivity index (χ4v) is 1.50. The predicted molar refractivity (Wildman–Crippen MR) is 53.2 cm³/mol. The van der Waals surface area contributed by atoms with E-state index in [9.17, 15) is 4.79 Å². The van der Waals surface area contributed by atoms with E-state index in [1.165, 1.54) is 0 Å². The minimum atomic E-state index is 0.196. The summed E-state index contributed by atoms with van der Waals surface area (Å²) < 4.78 is 0. The lowest BCUT2D eigenvalue weighted by Gasteiger charge is -2.31. The fourth-order valence-electron chi connectivity index (χ4n) is 1.50. The zero-order valence-electron chi connectivity index (χ0n) is 8.55. The van der Waals surface area contributed by atoms with Gasteiger partial charge in [-0.25, -0.2) is 0 Å². The van der Waals surface area contributed by atoms with Gasteiger partial charge in [-0.1, -0.05) is 13.8 Å². The van der Waals surface area contributed by atoms with E-state index in [1.807, 2.05) is 0 Å². The highest BCUT2D eigenvalue weighted by Gasteiger charge is 2.31. The van der Waals surface area contributed by atoms with E-state index in [0.717, 1.165) is 25.8 Å². The molecule has 0 unspecified atom stereocenters. The molecule has 3 heteroatoms. The highest BCUT2D eigenvalue weighted by molar-refractivity contribution is 5.79. The van der Waals surface area contributed by atoms with Crippen LogP contribution < -0.4 is 11.1 Å². The van der Waals surface area contributed by atoms with Gasteiger partial charge in [0, 0.05) is 18.5 Å². The first kappa shape index (κ1) is 10.5. The summed E-state index contributed by atoms with van der Waals surface area (Å²) in [6.07, 6.45) is 2.80. The van der Waals surface area contributed by atoms with E-state index in [2.05, 4.69) is 19.2 Å². The Morgan fingerprint density at radius 2 is 2.15 bits per heavy atom. The summed E-state index contributed by atoms with van der Waals surface area (Å²) in [5, 5.41) is 2.94. The van der Waals surface area contributed by atoms with Crippen LogP contribution in [0.4, 0.5) is 0 Å². The normalized spacial score (nSPS) is 27.1. The molecule has 0 aromatic carbocycles. The Balaban J connectivity index is 2.05. The maximum atomic E-state index is 11.4.